The molecule has 1 aromatic heterocycles. The largest absolute Gasteiger partial charge is 0.351 e. The Kier molecular flexibility index (Phi) is 6.24. The van der Waals surface area contributed by atoms with Crippen LogP contribution in [0.15, 0.2) is 47.6 Å². The fourth-order valence-corrected chi connectivity index (χ4v) is 3.86. The molecule has 0 bridgehead atoms. The topological polar surface area (TPSA) is 103 Å². The van der Waals surface area contributed by atoms with Gasteiger partial charge < -0.3 is 5.73 Å². The van der Waals surface area contributed by atoms with Gasteiger partial charge in [0.1, 0.15) is 0 Å². The highest BCUT2D eigenvalue weighted by Crippen LogP contribution is 2.34. The molecule has 150 valence electrons. The molecular weight excluding hydrogens is 410 g/mol. The highest BCUT2D eigenvalue weighted by Gasteiger charge is 2.24. The van der Waals surface area contributed by atoms with Crippen molar-refractivity contribution in [3.63, 3.8) is 0 Å². The number of imide groups is 1. The number of aryl methyl sites for hydroxylation is 2. The molecule has 0 aliphatic rings. The van der Waals surface area contributed by atoms with Crippen molar-refractivity contribution in [2.75, 3.05) is 0 Å². The second-order valence-corrected chi connectivity index (χ2v) is 8.24. The number of thioether (sulfide) groups is 1. The molecule has 29 heavy (non-hydrogen) atoms. The number of nitrogens with two attached hydrogens (primary N) is 1. The van der Waals surface area contributed by atoms with E-state index in [2.05, 4.69) is 15.5 Å². The van der Waals surface area contributed by atoms with E-state index >= 15 is 0 Å². The number of amides is 3. The van der Waals surface area contributed by atoms with Crippen LogP contribution in [-0.4, -0.2) is 32.0 Å². The van der Waals surface area contributed by atoms with Gasteiger partial charge >= 0.3 is 6.03 Å². The normalized spacial score (nSPS) is 11.9. The van der Waals surface area contributed by atoms with Gasteiger partial charge in [0.2, 0.25) is 5.91 Å². The van der Waals surface area contributed by atoms with Crippen LogP contribution in [0.2, 0.25) is 5.02 Å². The van der Waals surface area contributed by atoms with Gasteiger partial charge in [0.05, 0.1) is 16.0 Å². The summed E-state index contributed by atoms with van der Waals surface area (Å²) in [6, 6.07) is 12.5. The molecule has 3 aromatic rings. The maximum atomic E-state index is 12.1. The molecule has 0 saturated heterocycles. The summed E-state index contributed by atoms with van der Waals surface area (Å²) < 4.78 is 1.88. The summed E-state index contributed by atoms with van der Waals surface area (Å²) in [6.07, 6.45) is 0. The van der Waals surface area contributed by atoms with E-state index in [4.69, 9.17) is 17.3 Å². The zero-order chi connectivity index (χ0) is 21.1. The van der Waals surface area contributed by atoms with Crippen LogP contribution in [0.25, 0.3) is 17.1 Å². The summed E-state index contributed by atoms with van der Waals surface area (Å²) in [6.45, 7) is 5.65. The summed E-state index contributed by atoms with van der Waals surface area (Å²) in [7, 11) is 0. The number of nitrogens with zero attached hydrogens (tertiary/aromatic N) is 3. The van der Waals surface area contributed by atoms with Gasteiger partial charge in [0, 0.05) is 5.56 Å². The SMILES string of the molecule is Cc1ccc(C)c(-n2c(S[C@H](C)C(=O)NC(N)=O)nnc2-c2ccccc2Cl)c1. The summed E-state index contributed by atoms with van der Waals surface area (Å²) in [4.78, 5) is 23.1. The van der Waals surface area contributed by atoms with Crippen LogP contribution >= 0.6 is 23.4 Å². The second kappa shape index (κ2) is 8.67. The van der Waals surface area contributed by atoms with E-state index in [9.17, 15) is 9.59 Å². The van der Waals surface area contributed by atoms with Gasteiger partial charge in [-0.1, -0.05) is 47.6 Å². The Morgan fingerprint density at radius 2 is 1.90 bits per heavy atom. The van der Waals surface area contributed by atoms with Gasteiger partial charge in [-0.05, 0) is 50.1 Å². The van der Waals surface area contributed by atoms with Crippen molar-refractivity contribution in [2.24, 2.45) is 5.73 Å². The molecule has 0 spiro atoms. The van der Waals surface area contributed by atoms with Gasteiger partial charge in [0.25, 0.3) is 0 Å². The molecule has 0 fully saturated rings. The molecule has 3 amide bonds. The minimum Gasteiger partial charge on any atom is -0.351 e. The lowest BCUT2D eigenvalue weighted by Gasteiger charge is -2.16. The van der Waals surface area contributed by atoms with Crippen LogP contribution in [0.3, 0.4) is 0 Å². The fraction of sp³-hybridized carbons (Fsp3) is 0.200. The molecular formula is C20H20ClN5O2S. The standard InChI is InChI=1S/C20H20ClN5O2S/c1-11-8-9-12(2)16(10-11)26-17(14-6-4-5-7-15(14)21)24-25-20(26)29-13(3)18(27)23-19(22)28/h4-10,13H,1-3H3,(H3,22,23,27,28)/t13-/m1/s1. The molecule has 3 N–H and O–H groups in total. The number of carbonyl (C=O) groups is 2. The van der Waals surface area contributed by atoms with Crippen molar-refractivity contribution in [2.45, 2.75) is 31.2 Å². The molecule has 3 rings (SSSR count). The predicted molar refractivity (Wildman–Crippen MR) is 114 cm³/mol. The minimum absolute atomic E-state index is 0.501. The van der Waals surface area contributed by atoms with Crippen LogP contribution in [0.4, 0.5) is 4.79 Å². The fourth-order valence-electron chi connectivity index (χ4n) is 2.78. The van der Waals surface area contributed by atoms with Crippen molar-refractivity contribution in [3.8, 4) is 17.1 Å². The highest BCUT2D eigenvalue weighted by atomic mass is 35.5. The van der Waals surface area contributed by atoms with Crippen LogP contribution in [0, 0.1) is 13.8 Å². The van der Waals surface area contributed by atoms with Crippen LogP contribution < -0.4 is 11.1 Å². The average molecular weight is 430 g/mol. The zero-order valence-electron chi connectivity index (χ0n) is 16.1. The number of aromatic nitrogens is 3. The number of urea groups is 1. The number of carbonyl (C=O) groups excluding carboxylic acids is 2. The Morgan fingerprint density at radius 1 is 1.17 bits per heavy atom. The van der Waals surface area contributed by atoms with Crippen LogP contribution in [0.1, 0.15) is 18.1 Å². The average Bonchev–Trinajstić information content (AvgIpc) is 3.06. The lowest BCUT2D eigenvalue weighted by molar-refractivity contribution is -0.119. The number of halogens is 1. The van der Waals surface area contributed by atoms with Gasteiger partial charge in [-0.2, -0.15) is 0 Å². The first-order chi connectivity index (χ1) is 13.8. The van der Waals surface area contributed by atoms with Crippen LogP contribution in [0.5, 0.6) is 0 Å². The molecule has 7 nitrogen and oxygen atoms in total. The van der Waals surface area contributed by atoms with Crippen molar-refractivity contribution >= 4 is 35.3 Å². The summed E-state index contributed by atoms with van der Waals surface area (Å²) in [5.74, 6) is 0.0617. The van der Waals surface area contributed by atoms with E-state index in [1.165, 1.54) is 11.8 Å². The Bertz CT molecular complexity index is 1080. The van der Waals surface area contributed by atoms with Gasteiger partial charge in [-0.25, -0.2) is 4.79 Å². The van der Waals surface area contributed by atoms with E-state index in [-0.39, 0.29) is 0 Å². The molecule has 0 aliphatic heterocycles. The van der Waals surface area contributed by atoms with Crippen molar-refractivity contribution in [3.05, 3.63) is 58.6 Å². The molecule has 1 heterocycles. The maximum absolute atomic E-state index is 12.1. The Labute approximate surface area is 177 Å². The lowest BCUT2D eigenvalue weighted by Crippen LogP contribution is -2.39. The smallest absolute Gasteiger partial charge is 0.318 e. The molecule has 9 heteroatoms. The molecule has 0 saturated carbocycles. The van der Waals surface area contributed by atoms with Crippen molar-refractivity contribution < 1.29 is 9.59 Å². The summed E-state index contributed by atoms with van der Waals surface area (Å²) in [5.41, 5.74) is 8.74. The summed E-state index contributed by atoms with van der Waals surface area (Å²) >= 11 is 7.59. The predicted octanol–water partition coefficient (Wildman–Crippen LogP) is 3.88. The summed E-state index contributed by atoms with van der Waals surface area (Å²) in [5, 5.41) is 11.2. The molecule has 2 aromatic carbocycles. The first-order valence-corrected chi connectivity index (χ1v) is 10.1. The van der Waals surface area contributed by atoms with Gasteiger partial charge in [0.15, 0.2) is 11.0 Å². The Morgan fingerprint density at radius 3 is 2.59 bits per heavy atom. The van der Waals surface area contributed by atoms with E-state index in [1.54, 1.807) is 13.0 Å². The molecule has 0 radical (unpaired) electrons. The Balaban J connectivity index is 2.13. The third-order valence-corrected chi connectivity index (χ3v) is 5.62. The monoisotopic (exact) mass is 429 g/mol. The first kappa shape index (κ1) is 20.9. The molecule has 1 atom stereocenters. The quantitative estimate of drug-likeness (QED) is 0.599. The highest BCUT2D eigenvalue weighted by molar-refractivity contribution is 8.00. The van der Waals surface area contributed by atoms with E-state index in [1.807, 2.05) is 54.8 Å². The number of benzene rings is 2. The Hall–Kier alpha value is -2.84. The first-order valence-electron chi connectivity index (χ1n) is 8.83. The number of primary amides is 1. The molecule has 0 unspecified atom stereocenters. The maximum Gasteiger partial charge on any atom is 0.318 e. The van der Waals surface area contributed by atoms with E-state index in [0.29, 0.717) is 16.0 Å². The van der Waals surface area contributed by atoms with Crippen molar-refractivity contribution in [1.82, 2.24) is 20.1 Å². The lowest BCUT2D eigenvalue weighted by atomic mass is 10.1. The number of hydrogen-bond acceptors (Lipinski definition) is 5. The van der Waals surface area contributed by atoms with Crippen LogP contribution in [-0.2, 0) is 4.79 Å². The van der Waals surface area contributed by atoms with E-state index < -0.39 is 17.2 Å². The number of nitrogens with one attached hydrogen (secondary N) is 1. The van der Waals surface area contributed by atoms with E-state index in [0.717, 1.165) is 22.4 Å². The third-order valence-electron chi connectivity index (χ3n) is 4.25. The van der Waals surface area contributed by atoms with Crippen molar-refractivity contribution in [1.29, 1.82) is 0 Å². The molecule has 0 aliphatic carbocycles. The minimum atomic E-state index is -0.893. The third kappa shape index (κ3) is 4.60. The second-order valence-electron chi connectivity index (χ2n) is 6.52. The number of rotatable bonds is 5. The zero-order valence-corrected chi connectivity index (χ0v) is 17.7. The number of hydrogen-bond donors (Lipinski definition) is 2. The van der Waals surface area contributed by atoms with Gasteiger partial charge in [-0.15, -0.1) is 10.2 Å². The van der Waals surface area contributed by atoms with Gasteiger partial charge in [-0.3, -0.25) is 14.7 Å².